The molecular weight excluding hydrogens is 322 g/mol. The highest BCUT2D eigenvalue weighted by Crippen LogP contribution is 2.34. The number of quaternary nitrogens is 1. The fourth-order valence-electron chi connectivity index (χ4n) is 2.86. The normalized spacial score (nSPS) is 15.6. The summed E-state index contributed by atoms with van der Waals surface area (Å²) >= 11 is 0. The molecule has 1 aliphatic rings. The van der Waals surface area contributed by atoms with Gasteiger partial charge in [-0.15, -0.1) is 0 Å². The molecule has 3 rings (SSSR count). The number of fused-ring (bicyclic) bond motifs is 1. The Labute approximate surface area is 147 Å². The first kappa shape index (κ1) is 17.2. The number of hydrogen-bond donors (Lipinski definition) is 1. The second-order valence-electron chi connectivity index (χ2n) is 5.75. The zero-order chi connectivity index (χ0) is 17.6. The van der Waals surface area contributed by atoms with E-state index < -0.39 is 0 Å². The molecule has 6 heteroatoms. The van der Waals surface area contributed by atoms with E-state index in [-0.39, 0.29) is 6.10 Å². The fraction of sp³-hybridized carbons (Fsp3) is 0.368. The van der Waals surface area contributed by atoms with Crippen molar-refractivity contribution < 1.29 is 29.0 Å². The van der Waals surface area contributed by atoms with E-state index in [1.165, 1.54) is 0 Å². The lowest BCUT2D eigenvalue weighted by atomic mass is 10.1. The van der Waals surface area contributed by atoms with Gasteiger partial charge in [0.25, 0.3) is 0 Å². The highest BCUT2D eigenvalue weighted by atomic mass is 16.6. The molecule has 2 aromatic rings. The third-order valence-corrected chi connectivity index (χ3v) is 4.15. The maximum Gasteiger partial charge on any atom is 0.181 e. The summed E-state index contributed by atoms with van der Waals surface area (Å²) in [5.74, 6) is 3.73. The van der Waals surface area contributed by atoms with Crippen LogP contribution in [0.4, 0.5) is 0 Å². The molecule has 0 unspecified atom stereocenters. The Morgan fingerprint density at radius 2 is 1.64 bits per heavy atom. The minimum atomic E-state index is 0.0149. The predicted octanol–water partition coefficient (Wildman–Crippen LogP) is 1.62. The highest BCUT2D eigenvalue weighted by molar-refractivity contribution is 5.50. The molecular formula is C19H24NO5+. The lowest BCUT2D eigenvalue weighted by Crippen LogP contribution is -2.85. The monoisotopic (exact) mass is 346 g/mol. The third kappa shape index (κ3) is 3.91. The molecule has 25 heavy (non-hydrogen) atoms. The van der Waals surface area contributed by atoms with Gasteiger partial charge in [-0.2, -0.15) is 0 Å². The van der Waals surface area contributed by atoms with Crippen LogP contribution in [0.2, 0.25) is 0 Å². The molecule has 0 bridgehead atoms. The van der Waals surface area contributed by atoms with Gasteiger partial charge in [-0.3, -0.25) is 0 Å². The molecule has 0 fully saturated rings. The largest absolute Gasteiger partial charge is 0.496 e. The van der Waals surface area contributed by atoms with Crippen molar-refractivity contribution in [1.82, 2.24) is 0 Å². The summed E-state index contributed by atoms with van der Waals surface area (Å²) in [5, 5.41) is 2.17. The average molecular weight is 346 g/mol. The van der Waals surface area contributed by atoms with Crippen molar-refractivity contribution in [3.05, 3.63) is 42.0 Å². The Morgan fingerprint density at radius 3 is 2.36 bits per heavy atom. The summed E-state index contributed by atoms with van der Waals surface area (Å²) in [6.45, 7) is 2.08. The summed E-state index contributed by atoms with van der Waals surface area (Å²) in [6.07, 6.45) is 0.0149. The van der Waals surface area contributed by atoms with E-state index in [9.17, 15) is 0 Å². The van der Waals surface area contributed by atoms with Crippen molar-refractivity contribution in [3.63, 3.8) is 0 Å². The first-order chi connectivity index (χ1) is 12.2. The highest BCUT2D eigenvalue weighted by Gasteiger charge is 2.22. The molecule has 0 radical (unpaired) electrons. The van der Waals surface area contributed by atoms with Crippen LogP contribution in [0.3, 0.4) is 0 Å². The molecule has 2 N–H and O–H groups in total. The number of methoxy groups -OCH3 is 3. The van der Waals surface area contributed by atoms with E-state index in [2.05, 4.69) is 5.32 Å². The lowest BCUT2D eigenvalue weighted by Gasteiger charge is -2.25. The van der Waals surface area contributed by atoms with Gasteiger partial charge >= 0.3 is 0 Å². The maximum absolute atomic E-state index is 5.98. The third-order valence-electron chi connectivity index (χ3n) is 4.15. The van der Waals surface area contributed by atoms with Crippen LogP contribution in [0, 0.1) is 0 Å². The van der Waals surface area contributed by atoms with Gasteiger partial charge in [0.15, 0.2) is 29.1 Å². The summed E-state index contributed by atoms with van der Waals surface area (Å²) in [7, 11) is 4.89. The maximum atomic E-state index is 5.98. The summed E-state index contributed by atoms with van der Waals surface area (Å²) in [6, 6.07) is 11.5. The van der Waals surface area contributed by atoms with Crippen LogP contribution in [0.15, 0.2) is 36.4 Å². The minimum absolute atomic E-state index is 0.0149. The zero-order valence-corrected chi connectivity index (χ0v) is 14.8. The summed E-state index contributed by atoms with van der Waals surface area (Å²) in [5.41, 5.74) is 1.04. The number of ether oxygens (including phenoxy) is 5. The van der Waals surface area contributed by atoms with Crippen LogP contribution in [0.1, 0.15) is 5.56 Å². The Bertz CT molecular complexity index is 719. The second kappa shape index (κ2) is 7.98. The van der Waals surface area contributed by atoms with E-state index in [0.29, 0.717) is 18.1 Å². The smallest absolute Gasteiger partial charge is 0.181 e. The SMILES string of the molecule is COc1cc(OC)c(OC)cc1C[NH2+]C[C@H]1COc2ccccc2O1. The van der Waals surface area contributed by atoms with Crippen molar-refractivity contribution in [2.24, 2.45) is 0 Å². The van der Waals surface area contributed by atoms with Crippen molar-refractivity contribution in [1.29, 1.82) is 0 Å². The Morgan fingerprint density at radius 1 is 0.960 bits per heavy atom. The zero-order valence-electron chi connectivity index (χ0n) is 14.8. The average Bonchev–Trinajstić information content (AvgIpc) is 2.67. The van der Waals surface area contributed by atoms with E-state index in [4.69, 9.17) is 23.7 Å². The molecule has 6 nitrogen and oxygen atoms in total. The molecule has 0 aliphatic carbocycles. The van der Waals surface area contributed by atoms with Gasteiger partial charge in [-0.1, -0.05) is 12.1 Å². The quantitative estimate of drug-likeness (QED) is 0.825. The van der Waals surface area contributed by atoms with Crippen LogP contribution >= 0.6 is 0 Å². The van der Waals surface area contributed by atoms with E-state index >= 15 is 0 Å². The Kier molecular flexibility index (Phi) is 5.50. The number of para-hydroxylation sites is 2. The molecule has 2 aromatic carbocycles. The van der Waals surface area contributed by atoms with Crippen molar-refractivity contribution in [2.75, 3.05) is 34.5 Å². The van der Waals surface area contributed by atoms with Crippen molar-refractivity contribution >= 4 is 0 Å². The van der Waals surface area contributed by atoms with Crippen LogP contribution in [0.5, 0.6) is 28.7 Å². The number of rotatable bonds is 7. The second-order valence-corrected chi connectivity index (χ2v) is 5.75. The van der Waals surface area contributed by atoms with Gasteiger partial charge in [-0.05, 0) is 18.2 Å². The van der Waals surface area contributed by atoms with E-state index in [1.807, 2.05) is 36.4 Å². The summed E-state index contributed by atoms with van der Waals surface area (Å²) < 4.78 is 27.9. The molecule has 0 saturated carbocycles. The number of benzene rings is 2. The first-order valence-electron chi connectivity index (χ1n) is 8.24. The summed E-state index contributed by atoms with van der Waals surface area (Å²) in [4.78, 5) is 0. The van der Waals surface area contributed by atoms with Gasteiger partial charge in [-0.25, -0.2) is 0 Å². The minimum Gasteiger partial charge on any atom is -0.496 e. The Balaban J connectivity index is 1.61. The van der Waals surface area contributed by atoms with Crippen LogP contribution < -0.4 is 29.0 Å². The molecule has 0 spiro atoms. The van der Waals surface area contributed by atoms with Gasteiger partial charge in [0.2, 0.25) is 0 Å². The number of hydrogen-bond acceptors (Lipinski definition) is 5. The van der Waals surface area contributed by atoms with Crippen LogP contribution in [-0.2, 0) is 6.54 Å². The van der Waals surface area contributed by atoms with Crippen LogP contribution in [0.25, 0.3) is 0 Å². The molecule has 0 amide bonds. The van der Waals surface area contributed by atoms with Gasteiger partial charge in [0, 0.05) is 6.07 Å². The standard InChI is InChI=1S/C19H23NO5/c1-21-17-9-19(23-3)18(22-2)8-13(17)10-20-11-14-12-24-15-6-4-5-7-16(15)25-14/h4-9,14,20H,10-12H2,1-3H3/p+1/t14-/m0/s1. The first-order valence-corrected chi connectivity index (χ1v) is 8.24. The van der Waals surface area contributed by atoms with Crippen molar-refractivity contribution in [3.8, 4) is 28.7 Å². The van der Waals surface area contributed by atoms with Crippen LogP contribution in [-0.4, -0.2) is 40.6 Å². The van der Waals surface area contributed by atoms with E-state index in [0.717, 1.165) is 35.9 Å². The molecule has 0 saturated heterocycles. The van der Waals surface area contributed by atoms with Gasteiger partial charge in [0.05, 0.1) is 26.9 Å². The predicted molar refractivity (Wildman–Crippen MR) is 92.9 cm³/mol. The van der Waals surface area contributed by atoms with Gasteiger partial charge in [0.1, 0.15) is 25.4 Å². The molecule has 1 aliphatic heterocycles. The molecule has 1 heterocycles. The molecule has 1 atom stereocenters. The molecule has 0 aromatic heterocycles. The number of nitrogens with two attached hydrogens (primary N) is 1. The topological polar surface area (TPSA) is 62.8 Å². The Hall–Kier alpha value is -2.60. The molecule has 134 valence electrons. The lowest BCUT2D eigenvalue weighted by molar-refractivity contribution is -0.676. The van der Waals surface area contributed by atoms with E-state index in [1.54, 1.807) is 21.3 Å². The van der Waals surface area contributed by atoms with Gasteiger partial charge < -0.3 is 29.0 Å². The van der Waals surface area contributed by atoms with Crippen molar-refractivity contribution in [2.45, 2.75) is 12.6 Å². The fourth-order valence-corrected chi connectivity index (χ4v) is 2.86.